The highest BCUT2D eigenvalue weighted by atomic mass is 19.1. The number of hydrogen-bond donors (Lipinski definition) is 0. The van der Waals surface area contributed by atoms with E-state index in [0.717, 1.165) is 51.3 Å². The molecule has 116 valence electrons. The van der Waals surface area contributed by atoms with Gasteiger partial charge < -0.3 is 9.47 Å². The number of halogens is 1. The summed E-state index contributed by atoms with van der Waals surface area (Å²) in [6.45, 7) is 6.98. The smallest absolute Gasteiger partial charge is 0.127 e. The predicted octanol–water partition coefficient (Wildman–Crippen LogP) is 2.84. The topological polar surface area (TPSA) is 21.7 Å². The van der Waals surface area contributed by atoms with E-state index in [9.17, 15) is 4.39 Å². The molecule has 0 radical (unpaired) electrons. The van der Waals surface area contributed by atoms with Crippen LogP contribution in [-0.4, -0.2) is 43.4 Å². The highest BCUT2D eigenvalue weighted by molar-refractivity contribution is 5.18. The van der Waals surface area contributed by atoms with Crippen LogP contribution in [0, 0.1) is 11.7 Å². The molecular weight excluding hydrogens is 269 g/mol. The van der Waals surface area contributed by atoms with Gasteiger partial charge in [-0.1, -0.05) is 18.2 Å². The summed E-state index contributed by atoms with van der Waals surface area (Å²) >= 11 is 0. The predicted molar refractivity (Wildman–Crippen MR) is 79.6 cm³/mol. The summed E-state index contributed by atoms with van der Waals surface area (Å²) in [7, 11) is 0. The Hall–Kier alpha value is -0.970. The highest BCUT2D eigenvalue weighted by Crippen LogP contribution is 2.42. The lowest BCUT2D eigenvalue weighted by Gasteiger charge is -2.50. The summed E-state index contributed by atoms with van der Waals surface area (Å²) in [6, 6.07) is 7.02. The second-order valence-electron chi connectivity index (χ2n) is 6.12. The van der Waals surface area contributed by atoms with E-state index in [1.54, 1.807) is 6.07 Å². The molecule has 3 nitrogen and oxygen atoms in total. The van der Waals surface area contributed by atoms with Crippen LogP contribution in [0.5, 0.6) is 0 Å². The van der Waals surface area contributed by atoms with Gasteiger partial charge >= 0.3 is 0 Å². The number of nitrogens with zero attached hydrogens (tertiary/aromatic N) is 1. The molecule has 0 amide bonds. The van der Waals surface area contributed by atoms with Crippen molar-refractivity contribution in [3.63, 3.8) is 0 Å². The molecule has 1 aromatic rings. The number of benzene rings is 1. The first-order chi connectivity index (χ1) is 10.2. The van der Waals surface area contributed by atoms with Crippen molar-refractivity contribution < 1.29 is 13.9 Å². The summed E-state index contributed by atoms with van der Waals surface area (Å²) in [5, 5.41) is 0. The molecule has 0 bridgehead atoms. The zero-order valence-electron chi connectivity index (χ0n) is 12.7. The molecule has 21 heavy (non-hydrogen) atoms. The Morgan fingerprint density at radius 2 is 2.19 bits per heavy atom. The minimum absolute atomic E-state index is 0.00234. The molecule has 0 saturated carbocycles. The van der Waals surface area contributed by atoms with E-state index in [1.165, 1.54) is 6.07 Å². The van der Waals surface area contributed by atoms with E-state index in [0.29, 0.717) is 12.5 Å². The van der Waals surface area contributed by atoms with Gasteiger partial charge in [-0.15, -0.1) is 0 Å². The Bertz CT molecular complexity index is 474. The van der Waals surface area contributed by atoms with Gasteiger partial charge in [0.15, 0.2) is 0 Å². The van der Waals surface area contributed by atoms with Gasteiger partial charge in [-0.2, -0.15) is 0 Å². The van der Waals surface area contributed by atoms with Crippen LogP contribution in [0.2, 0.25) is 0 Å². The summed E-state index contributed by atoms with van der Waals surface area (Å²) in [6.07, 6.45) is 2.20. The van der Waals surface area contributed by atoms with Crippen LogP contribution >= 0.6 is 0 Å². The first kappa shape index (κ1) is 14.9. The molecule has 1 unspecified atom stereocenters. The SMILES string of the molecule is CCOCCC1CCOC12CN(Cc1ccccc1F)C2. The Morgan fingerprint density at radius 3 is 2.95 bits per heavy atom. The molecule has 2 aliphatic heterocycles. The van der Waals surface area contributed by atoms with E-state index in [2.05, 4.69) is 4.90 Å². The molecule has 4 heteroatoms. The third-order valence-corrected chi connectivity index (χ3v) is 4.75. The Balaban J connectivity index is 1.53. The molecule has 1 aromatic carbocycles. The van der Waals surface area contributed by atoms with Crippen LogP contribution in [0.1, 0.15) is 25.3 Å². The zero-order valence-corrected chi connectivity index (χ0v) is 12.7. The van der Waals surface area contributed by atoms with Crippen LogP contribution in [-0.2, 0) is 16.0 Å². The lowest BCUT2D eigenvalue weighted by atomic mass is 9.79. The van der Waals surface area contributed by atoms with Crippen LogP contribution in [0.4, 0.5) is 4.39 Å². The lowest BCUT2D eigenvalue weighted by molar-refractivity contribution is -0.139. The van der Waals surface area contributed by atoms with Gasteiger partial charge in [0, 0.05) is 45.0 Å². The molecule has 2 heterocycles. The molecule has 0 aromatic heterocycles. The van der Waals surface area contributed by atoms with E-state index in [-0.39, 0.29) is 11.4 Å². The van der Waals surface area contributed by atoms with Crippen molar-refractivity contribution in [3.8, 4) is 0 Å². The Kier molecular flexibility index (Phi) is 4.57. The molecule has 1 atom stereocenters. The molecule has 2 fully saturated rings. The molecular formula is C17H24FNO2. The standard InChI is InChI=1S/C17H24FNO2/c1-2-20-9-7-15-8-10-21-17(15)12-19(13-17)11-14-5-3-4-6-16(14)18/h3-6,15H,2,7-13H2,1H3. The first-order valence-corrected chi connectivity index (χ1v) is 7.91. The largest absolute Gasteiger partial charge is 0.382 e. The normalized spacial score (nSPS) is 24.4. The lowest BCUT2D eigenvalue weighted by Crippen LogP contribution is -2.64. The summed E-state index contributed by atoms with van der Waals surface area (Å²) in [5.74, 6) is 0.472. The van der Waals surface area contributed by atoms with Gasteiger partial charge in [-0.3, -0.25) is 4.90 Å². The van der Waals surface area contributed by atoms with Crippen molar-refractivity contribution in [2.45, 2.75) is 31.9 Å². The van der Waals surface area contributed by atoms with E-state index >= 15 is 0 Å². The van der Waals surface area contributed by atoms with E-state index < -0.39 is 0 Å². The van der Waals surface area contributed by atoms with E-state index in [4.69, 9.17) is 9.47 Å². The van der Waals surface area contributed by atoms with Crippen molar-refractivity contribution in [2.75, 3.05) is 32.9 Å². The van der Waals surface area contributed by atoms with Crippen molar-refractivity contribution in [3.05, 3.63) is 35.6 Å². The fourth-order valence-corrected chi connectivity index (χ4v) is 3.60. The maximum absolute atomic E-state index is 13.7. The summed E-state index contributed by atoms with van der Waals surface area (Å²) in [5.41, 5.74) is 0.777. The summed E-state index contributed by atoms with van der Waals surface area (Å²) in [4.78, 5) is 2.28. The van der Waals surface area contributed by atoms with Gasteiger partial charge in [-0.25, -0.2) is 4.39 Å². The number of rotatable bonds is 6. The van der Waals surface area contributed by atoms with Gasteiger partial charge in [0.2, 0.25) is 0 Å². The fourth-order valence-electron chi connectivity index (χ4n) is 3.60. The first-order valence-electron chi connectivity index (χ1n) is 7.91. The molecule has 1 spiro atoms. The fraction of sp³-hybridized carbons (Fsp3) is 0.647. The molecule has 2 aliphatic rings. The van der Waals surface area contributed by atoms with Crippen LogP contribution < -0.4 is 0 Å². The van der Waals surface area contributed by atoms with Gasteiger partial charge in [0.25, 0.3) is 0 Å². The third kappa shape index (κ3) is 3.12. The third-order valence-electron chi connectivity index (χ3n) is 4.75. The second kappa shape index (κ2) is 6.42. The van der Waals surface area contributed by atoms with Gasteiger partial charge in [-0.05, 0) is 31.7 Å². The van der Waals surface area contributed by atoms with Crippen molar-refractivity contribution in [2.24, 2.45) is 5.92 Å². The Morgan fingerprint density at radius 1 is 1.38 bits per heavy atom. The van der Waals surface area contributed by atoms with Crippen LogP contribution in [0.3, 0.4) is 0 Å². The van der Waals surface area contributed by atoms with Crippen molar-refractivity contribution in [1.82, 2.24) is 4.90 Å². The number of hydrogen-bond acceptors (Lipinski definition) is 3. The van der Waals surface area contributed by atoms with Crippen molar-refractivity contribution in [1.29, 1.82) is 0 Å². The van der Waals surface area contributed by atoms with Gasteiger partial charge in [0.1, 0.15) is 5.82 Å². The monoisotopic (exact) mass is 293 g/mol. The van der Waals surface area contributed by atoms with E-state index in [1.807, 2.05) is 19.1 Å². The minimum Gasteiger partial charge on any atom is -0.382 e. The highest BCUT2D eigenvalue weighted by Gasteiger charge is 2.52. The summed E-state index contributed by atoms with van der Waals surface area (Å²) < 4.78 is 25.2. The van der Waals surface area contributed by atoms with Crippen LogP contribution in [0.15, 0.2) is 24.3 Å². The quantitative estimate of drug-likeness (QED) is 0.753. The minimum atomic E-state index is -0.112. The molecule has 0 aliphatic carbocycles. The maximum Gasteiger partial charge on any atom is 0.127 e. The van der Waals surface area contributed by atoms with Crippen molar-refractivity contribution >= 4 is 0 Å². The molecule has 3 rings (SSSR count). The van der Waals surface area contributed by atoms with Gasteiger partial charge in [0.05, 0.1) is 5.60 Å². The average Bonchev–Trinajstić information content (AvgIpc) is 2.85. The molecule has 2 saturated heterocycles. The molecule has 0 N–H and O–H groups in total. The number of likely N-dealkylation sites (tertiary alicyclic amines) is 1. The second-order valence-corrected chi connectivity index (χ2v) is 6.12. The zero-order chi connectivity index (χ0) is 14.7. The average molecular weight is 293 g/mol. The maximum atomic E-state index is 13.7. The van der Waals surface area contributed by atoms with Crippen LogP contribution in [0.25, 0.3) is 0 Å². The Labute approximate surface area is 126 Å². The number of ether oxygens (including phenoxy) is 2.